The zero-order valence-corrected chi connectivity index (χ0v) is 11.2. The molecule has 2 nitrogen and oxygen atoms in total. The van der Waals surface area contributed by atoms with Crippen molar-refractivity contribution in [2.24, 2.45) is 0 Å². The highest BCUT2D eigenvalue weighted by molar-refractivity contribution is 5.31. The molecule has 0 heterocycles. The minimum absolute atomic E-state index is 0.0300. The molecule has 0 aliphatic heterocycles. The number of aliphatic hydroxyl groups is 2. The fourth-order valence-electron chi connectivity index (χ4n) is 2.28. The fraction of sp³-hybridized carbons (Fsp3) is 0.250. The van der Waals surface area contributed by atoms with Crippen LogP contribution in [0.1, 0.15) is 11.1 Å². The first-order valence-corrected chi connectivity index (χ1v) is 6.42. The molecule has 0 aliphatic carbocycles. The fourth-order valence-corrected chi connectivity index (χ4v) is 2.28. The van der Waals surface area contributed by atoms with Crippen LogP contribution in [0.15, 0.2) is 42.5 Å². The van der Waals surface area contributed by atoms with Crippen LogP contribution in [-0.4, -0.2) is 23.4 Å². The predicted octanol–water partition coefficient (Wildman–Crippen LogP) is 2.57. The van der Waals surface area contributed by atoms with Gasteiger partial charge in [0.2, 0.25) is 0 Å². The Morgan fingerprint density at radius 1 is 0.810 bits per heavy atom. The Morgan fingerprint density at radius 2 is 1.38 bits per heavy atom. The molecule has 2 aromatic rings. The number of aliphatic hydroxyl groups excluding tert-OH is 2. The Balaban J connectivity index is 2.40. The van der Waals surface area contributed by atoms with Gasteiger partial charge < -0.3 is 10.2 Å². The standard InChI is InChI=1S/C16H15F3O2/c17-13-5-2-12(3-6-13)16(9-20,10-21)8-11-1-4-14(18)7-15(11)19/h1-7,20-21H,8-10H2. The second kappa shape index (κ2) is 6.28. The first-order valence-electron chi connectivity index (χ1n) is 6.42. The summed E-state index contributed by atoms with van der Waals surface area (Å²) in [5.74, 6) is -1.89. The van der Waals surface area contributed by atoms with Crippen LogP contribution in [0.2, 0.25) is 0 Å². The molecule has 0 radical (unpaired) electrons. The van der Waals surface area contributed by atoms with E-state index in [2.05, 4.69) is 0 Å². The third-order valence-corrected chi connectivity index (χ3v) is 3.61. The summed E-state index contributed by atoms with van der Waals surface area (Å²) in [5.41, 5.74) is -0.506. The van der Waals surface area contributed by atoms with Gasteiger partial charge in [-0.1, -0.05) is 18.2 Å². The van der Waals surface area contributed by atoms with Crippen molar-refractivity contribution in [1.82, 2.24) is 0 Å². The first kappa shape index (κ1) is 15.5. The van der Waals surface area contributed by atoms with Crippen LogP contribution in [0.5, 0.6) is 0 Å². The highest BCUT2D eigenvalue weighted by atomic mass is 19.1. The van der Waals surface area contributed by atoms with E-state index in [1.807, 2.05) is 0 Å². The normalized spacial score (nSPS) is 11.7. The molecular weight excluding hydrogens is 281 g/mol. The van der Waals surface area contributed by atoms with Crippen LogP contribution in [0.25, 0.3) is 0 Å². The van der Waals surface area contributed by atoms with E-state index in [4.69, 9.17) is 0 Å². The largest absolute Gasteiger partial charge is 0.395 e. The minimum atomic E-state index is -1.16. The Hall–Kier alpha value is -1.85. The molecule has 0 saturated heterocycles. The highest BCUT2D eigenvalue weighted by Gasteiger charge is 2.32. The molecule has 5 heteroatoms. The van der Waals surface area contributed by atoms with Gasteiger partial charge in [0.15, 0.2) is 0 Å². The number of rotatable bonds is 5. The van der Waals surface area contributed by atoms with Crippen LogP contribution in [0.4, 0.5) is 13.2 Å². The lowest BCUT2D eigenvalue weighted by Gasteiger charge is -2.30. The maximum atomic E-state index is 13.8. The zero-order chi connectivity index (χ0) is 15.5. The van der Waals surface area contributed by atoms with Crippen molar-refractivity contribution in [3.8, 4) is 0 Å². The molecule has 0 fully saturated rings. The molecule has 0 aliphatic rings. The third kappa shape index (κ3) is 3.25. The van der Waals surface area contributed by atoms with E-state index >= 15 is 0 Å². The van der Waals surface area contributed by atoms with Crippen molar-refractivity contribution in [2.45, 2.75) is 11.8 Å². The monoisotopic (exact) mass is 296 g/mol. The molecule has 2 rings (SSSR count). The Morgan fingerprint density at radius 3 is 1.90 bits per heavy atom. The number of halogens is 3. The van der Waals surface area contributed by atoms with E-state index in [1.54, 1.807) is 0 Å². The summed E-state index contributed by atoms with van der Waals surface area (Å²) in [5, 5.41) is 19.3. The SMILES string of the molecule is OCC(CO)(Cc1ccc(F)cc1F)c1ccc(F)cc1. The van der Waals surface area contributed by atoms with E-state index < -0.39 is 36.1 Å². The van der Waals surface area contributed by atoms with Crippen LogP contribution >= 0.6 is 0 Å². The van der Waals surface area contributed by atoms with Gasteiger partial charge in [-0.15, -0.1) is 0 Å². The van der Waals surface area contributed by atoms with Crippen LogP contribution in [-0.2, 0) is 11.8 Å². The molecule has 0 bridgehead atoms. The van der Waals surface area contributed by atoms with Crippen LogP contribution < -0.4 is 0 Å². The Kier molecular flexibility index (Phi) is 4.65. The average Bonchev–Trinajstić information content (AvgIpc) is 2.48. The molecule has 21 heavy (non-hydrogen) atoms. The van der Waals surface area contributed by atoms with Crippen LogP contribution in [0.3, 0.4) is 0 Å². The quantitative estimate of drug-likeness (QED) is 0.890. The summed E-state index contributed by atoms with van der Waals surface area (Å²) in [4.78, 5) is 0. The Bertz CT molecular complexity index is 607. The smallest absolute Gasteiger partial charge is 0.129 e. The predicted molar refractivity (Wildman–Crippen MR) is 72.3 cm³/mol. The van der Waals surface area contributed by atoms with Crippen molar-refractivity contribution in [1.29, 1.82) is 0 Å². The molecule has 0 saturated carbocycles. The summed E-state index contributed by atoms with van der Waals surface area (Å²) in [6.07, 6.45) is -0.0300. The summed E-state index contributed by atoms with van der Waals surface area (Å²) >= 11 is 0. The molecule has 0 atom stereocenters. The summed E-state index contributed by atoms with van der Waals surface area (Å²) in [6.45, 7) is -0.905. The van der Waals surface area contributed by atoms with Gasteiger partial charge >= 0.3 is 0 Å². The van der Waals surface area contributed by atoms with Crippen molar-refractivity contribution in [2.75, 3.05) is 13.2 Å². The lowest BCUT2D eigenvalue weighted by atomic mass is 9.76. The second-order valence-corrected chi connectivity index (χ2v) is 5.02. The topological polar surface area (TPSA) is 40.5 Å². The molecular formula is C16H15F3O2. The molecule has 2 N–H and O–H groups in total. The van der Waals surface area contributed by atoms with Gasteiger partial charge in [0.25, 0.3) is 0 Å². The molecule has 0 amide bonds. The van der Waals surface area contributed by atoms with Gasteiger partial charge in [0, 0.05) is 11.5 Å². The van der Waals surface area contributed by atoms with E-state index in [9.17, 15) is 23.4 Å². The maximum absolute atomic E-state index is 13.8. The molecule has 112 valence electrons. The van der Waals surface area contributed by atoms with Gasteiger partial charge in [-0.05, 0) is 35.7 Å². The van der Waals surface area contributed by atoms with Crippen molar-refractivity contribution in [3.63, 3.8) is 0 Å². The summed E-state index contributed by atoms with van der Waals surface area (Å²) in [7, 11) is 0. The molecule has 2 aromatic carbocycles. The van der Waals surface area contributed by atoms with Gasteiger partial charge in [0.05, 0.1) is 13.2 Å². The molecule has 0 spiro atoms. The summed E-state index contributed by atoms with van der Waals surface area (Å²) in [6, 6.07) is 8.41. The average molecular weight is 296 g/mol. The Labute approximate surface area is 120 Å². The second-order valence-electron chi connectivity index (χ2n) is 5.02. The van der Waals surface area contributed by atoms with E-state index in [0.29, 0.717) is 5.56 Å². The minimum Gasteiger partial charge on any atom is -0.395 e. The van der Waals surface area contributed by atoms with E-state index in [-0.39, 0.29) is 12.0 Å². The lowest BCUT2D eigenvalue weighted by Crippen LogP contribution is -2.37. The van der Waals surface area contributed by atoms with Crippen LogP contribution in [0, 0.1) is 17.5 Å². The number of hydrogen-bond donors (Lipinski definition) is 2. The number of hydrogen-bond acceptors (Lipinski definition) is 2. The molecule has 0 aromatic heterocycles. The third-order valence-electron chi connectivity index (χ3n) is 3.61. The number of benzene rings is 2. The van der Waals surface area contributed by atoms with Crippen molar-refractivity contribution in [3.05, 3.63) is 71.0 Å². The van der Waals surface area contributed by atoms with Crippen molar-refractivity contribution < 1.29 is 23.4 Å². The highest BCUT2D eigenvalue weighted by Crippen LogP contribution is 2.29. The molecule has 0 unspecified atom stereocenters. The van der Waals surface area contributed by atoms with E-state index in [0.717, 1.165) is 12.1 Å². The first-order chi connectivity index (χ1) is 10.0. The zero-order valence-electron chi connectivity index (χ0n) is 11.2. The van der Waals surface area contributed by atoms with Gasteiger partial charge in [0.1, 0.15) is 17.5 Å². The van der Waals surface area contributed by atoms with Crippen molar-refractivity contribution >= 4 is 0 Å². The summed E-state index contributed by atoms with van der Waals surface area (Å²) < 4.78 is 39.7. The lowest BCUT2D eigenvalue weighted by molar-refractivity contribution is 0.115. The maximum Gasteiger partial charge on any atom is 0.129 e. The van der Waals surface area contributed by atoms with E-state index in [1.165, 1.54) is 30.3 Å². The van der Waals surface area contributed by atoms with Gasteiger partial charge in [-0.25, -0.2) is 13.2 Å². The van der Waals surface area contributed by atoms with Gasteiger partial charge in [-0.2, -0.15) is 0 Å². The van der Waals surface area contributed by atoms with Gasteiger partial charge in [-0.3, -0.25) is 0 Å².